The monoisotopic (exact) mass is 418 g/mol. The SMILES string of the molecule is O=C(Nc1cccc([N+](=O)[O-])c1)c1cn(-c2ccccc2)nc1-c1ccc(Cl)cc1. The predicted molar refractivity (Wildman–Crippen MR) is 115 cm³/mol. The number of hydrogen-bond acceptors (Lipinski definition) is 4. The molecule has 0 saturated carbocycles. The van der Waals surface area contributed by atoms with Crippen molar-refractivity contribution in [1.29, 1.82) is 0 Å². The second kappa shape index (κ2) is 8.18. The Hall–Kier alpha value is -3.97. The molecule has 1 N–H and O–H groups in total. The molecular weight excluding hydrogens is 404 g/mol. The highest BCUT2D eigenvalue weighted by Gasteiger charge is 2.19. The van der Waals surface area contributed by atoms with Crippen molar-refractivity contribution in [2.45, 2.75) is 0 Å². The van der Waals surface area contributed by atoms with E-state index >= 15 is 0 Å². The van der Waals surface area contributed by atoms with Gasteiger partial charge in [0, 0.05) is 34.6 Å². The molecule has 4 rings (SSSR count). The van der Waals surface area contributed by atoms with E-state index in [1.54, 1.807) is 41.2 Å². The van der Waals surface area contributed by atoms with Gasteiger partial charge in [-0.15, -0.1) is 0 Å². The number of non-ortho nitro benzene ring substituents is 1. The summed E-state index contributed by atoms with van der Waals surface area (Å²) in [5.74, 6) is -0.428. The number of nitro groups is 1. The summed E-state index contributed by atoms with van der Waals surface area (Å²) in [5, 5.41) is 18.9. The first-order valence-corrected chi connectivity index (χ1v) is 9.36. The van der Waals surface area contributed by atoms with E-state index in [4.69, 9.17) is 11.6 Å². The molecule has 1 heterocycles. The van der Waals surface area contributed by atoms with Crippen molar-refractivity contribution in [3.05, 3.63) is 106 Å². The Bertz CT molecular complexity index is 1220. The number of nitro benzene ring substituents is 1. The van der Waals surface area contributed by atoms with Gasteiger partial charge in [-0.1, -0.05) is 48.0 Å². The largest absolute Gasteiger partial charge is 0.322 e. The van der Waals surface area contributed by atoms with Gasteiger partial charge in [0.1, 0.15) is 5.69 Å². The van der Waals surface area contributed by atoms with Crippen molar-refractivity contribution in [2.24, 2.45) is 0 Å². The second-order valence-corrected chi connectivity index (χ2v) is 6.88. The quantitative estimate of drug-likeness (QED) is 0.349. The van der Waals surface area contributed by atoms with Crippen LogP contribution in [0.3, 0.4) is 0 Å². The van der Waals surface area contributed by atoms with Crippen LogP contribution in [0.1, 0.15) is 10.4 Å². The minimum atomic E-state index is -0.512. The maximum Gasteiger partial charge on any atom is 0.271 e. The molecule has 0 aliphatic carbocycles. The molecule has 0 fully saturated rings. The number of aromatic nitrogens is 2. The van der Waals surface area contributed by atoms with Gasteiger partial charge in [-0.25, -0.2) is 4.68 Å². The van der Waals surface area contributed by atoms with Crippen LogP contribution >= 0.6 is 11.6 Å². The summed E-state index contributed by atoms with van der Waals surface area (Å²) in [4.78, 5) is 23.5. The van der Waals surface area contributed by atoms with E-state index in [2.05, 4.69) is 10.4 Å². The lowest BCUT2D eigenvalue weighted by Gasteiger charge is -2.05. The lowest BCUT2D eigenvalue weighted by atomic mass is 10.1. The number of hydrogen-bond donors (Lipinski definition) is 1. The normalized spacial score (nSPS) is 10.6. The van der Waals surface area contributed by atoms with Crippen molar-refractivity contribution in [3.63, 3.8) is 0 Å². The number of nitrogens with zero attached hydrogens (tertiary/aromatic N) is 3. The van der Waals surface area contributed by atoms with Crippen LogP contribution in [0.25, 0.3) is 16.9 Å². The summed E-state index contributed by atoms with van der Waals surface area (Å²) in [6.07, 6.45) is 1.63. The van der Waals surface area contributed by atoms with Crippen LogP contribution in [0.5, 0.6) is 0 Å². The molecule has 1 amide bonds. The molecule has 0 spiro atoms. The number of rotatable bonds is 5. The zero-order valence-corrected chi connectivity index (χ0v) is 16.3. The van der Waals surface area contributed by atoms with Gasteiger partial charge in [0.15, 0.2) is 0 Å². The Morgan fingerprint density at radius 3 is 2.43 bits per heavy atom. The number of para-hydroxylation sites is 1. The third kappa shape index (κ3) is 4.06. The third-order valence-electron chi connectivity index (χ3n) is 4.41. The van der Waals surface area contributed by atoms with Gasteiger partial charge < -0.3 is 5.32 Å². The van der Waals surface area contributed by atoms with Gasteiger partial charge in [-0.2, -0.15) is 5.10 Å². The Morgan fingerprint density at radius 1 is 1.00 bits per heavy atom. The first-order chi connectivity index (χ1) is 14.5. The molecule has 8 heteroatoms. The first-order valence-electron chi connectivity index (χ1n) is 8.98. The van der Waals surface area contributed by atoms with Crippen molar-refractivity contribution in [3.8, 4) is 16.9 Å². The molecule has 0 aliphatic heterocycles. The first kappa shape index (κ1) is 19.4. The van der Waals surface area contributed by atoms with E-state index in [9.17, 15) is 14.9 Å². The van der Waals surface area contributed by atoms with E-state index in [1.807, 2.05) is 30.3 Å². The highest BCUT2D eigenvalue weighted by molar-refractivity contribution is 6.30. The van der Waals surface area contributed by atoms with Crippen LogP contribution in [0.4, 0.5) is 11.4 Å². The average Bonchev–Trinajstić information content (AvgIpc) is 3.21. The number of anilines is 1. The Labute approximate surface area is 176 Å². The molecule has 30 heavy (non-hydrogen) atoms. The van der Waals surface area contributed by atoms with Crippen LogP contribution in [-0.2, 0) is 0 Å². The molecule has 0 bridgehead atoms. The molecule has 0 aliphatic rings. The van der Waals surface area contributed by atoms with Gasteiger partial charge in [0.05, 0.1) is 16.2 Å². The molecule has 0 radical (unpaired) electrons. The van der Waals surface area contributed by atoms with Crippen molar-refractivity contribution in [1.82, 2.24) is 9.78 Å². The third-order valence-corrected chi connectivity index (χ3v) is 4.66. The minimum absolute atomic E-state index is 0.106. The standard InChI is InChI=1S/C22H15ClN4O3/c23-16-11-9-15(10-12-16)21-20(14-26(25-21)18-6-2-1-3-7-18)22(28)24-17-5-4-8-19(13-17)27(29)30/h1-14H,(H,24,28). The highest BCUT2D eigenvalue weighted by atomic mass is 35.5. The van der Waals surface area contributed by atoms with Crippen molar-refractivity contribution < 1.29 is 9.72 Å². The van der Waals surface area contributed by atoms with E-state index in [1.165, 1.54) is 18.2 Å². The van der Waals surface area contributed by atoms with Gasteiger partial charge in [0.25, 0.3) is 11.6 Å². The van der Waals surface area contributed by atoms with Crippen molar-refractivity contribution >= 4 is 28.9 Å². The summed E-state index contributed by atoms with van der Waals surface area (Å²) in [5.41, 5.74) is 2.53. The molecule has 7 nitrogen and oxygen atoms in total. The predicted octanol–water partition coefficient (Wildman–Crippen LogP) is 5.35. The van der Waals surface area contributed by atoms with E-state index < -0.39 is 10.8 Å². The summed E-state index contributed by atoms with van der Waals surface area (Å²) in [7, 11) is 0. The van der Waals surface area contributed by atoms with Gasteiger partial charge in [-0.05, 0) is 30.3 Å². The van der Waals surface area contributed by atoms with E-state index in [0.717, 1.165) is 11.3 Å². The highest BCUT2D eigenvalue weighted by Crippen LogP contribution is 2.26. The zero-order chi connectivity index (χ0) is 21.1. The van der Waals surface area contributed by atoms with Crippen LogP contribution in [0.2, 0.25) is 5.02 Å². The fourth-order valence-electron chi connectivity index (χ4n) is 2.97. The number of amides is 1. The van der Waals surface area contributed by atoms with Crippen molar-refractivity contribution in [2.75, 3.05) is 5.32 Å². The van der Waals surface area contributed by atoms with Gasteiger partial charge >= 0.3 is 0 Å². The molecule has 148 valence electrons. The molecule has 1 aromatic heterocycles. The number of nitrogens with one attached hydrogen (secondary N) is 1. The van der Waals surface area contributed by atoms with Crippen LogP contribution < -0.4 is 5.32 Å². The van der Waals surface area contributed by atoms with Crippen LogP contribution in [0, 0.1) is 10.1 Å². The number of benzene rings is 3. The molecule has 0 atom stereocenters. The number of carbonyl (C=O) groups is 1. The summed E-state index contributed by atoms with van der Waals surface area (Å²) < 4.78 is 1.62. The lowest BCUT2D eigenvalue weighted by molar-refractivity contribution is -0.384. The molecule has 4 aromatic rings. The lowest BCUT2D eigenvalue weighted by Crippen LogP contribution is -2.12. The zero-order valence-electron chi connectivity index (χ0n) is 15.5. The molecule has 0 unspecified atom stereocenters. The van der Waals surface area contributed by atoms with Gasteiger partial charge in [-0.3, -0.25) is 14.9 Å². The van der Waals surface area contributed by atoms with Gasteiger partial charge in [0.2, 0.25) is 0 Å². The van der Waals surface area contributed by atoms with Crippen LogP contribution in [0.15, 0.2) is 85.1 Å². The minimum Gasteiger partial charge on any atom is -0.322 e. The van der Waals surface area contributed by atoms with E-state index in [0.29, 0.717) is 22.0 Å². The summed E-state index contributed by atoms with van der Waals surface area (Å²) >= 11 is 5.99. The fraction of sp³-hybridized carbons (Fsp3) is 0. The summed E-state index contributed by atoms with van der Waals surface area (Å²) in [6.45, 7) is 0. The number of carbonyl (C=O) groups excluding carboxylic acids is 1. The Kier molecular flexibility index (Phi) is 5.28. The fourth-order valence-corrected chi connectivity index (χ4v) is 3.10. The summed E-state index contributed by atoms with van der Waals surface area (Å²) in [6, 6.07) is 22.2. The molecule has 3 aromatic carbocycles. The smallest absolute Gasteiger partial charge is 0.271 e. The molecule has 0 saturated heterocycles. The second-order valence-electron chi connectivity index (χ2n) is 6.44. The average molecular weight is 419 g/mol. The number of halogens is 1. The molecular formula is C22H15ClN4O3. The Balaban J connectivity index is 1.74. The maximum absolute atomic E-state index is 13.0. The van der Waals surface area contributed by atoms with E-state index in [-0.39, 0.29) is 5.69 Å². The maximum atomic E-state index is 13.0. The Morgan fingerprint density at radius 2 is 1.73 bits per heavy atom. The van der Waals surface area contributed by atoms with Crippen LogP contribution in [-0.4, -0.2) is 20.6 Å². The topological polar surface area (TPSA) is 90.1 Å².